The highest BCUT2D eigenvalue weighted by Crippen LogP contribution is 1.93. The van der Waals surface area contributed by atoms with Gasteiger partial charge in [0.05, 0.1) is 13.0 Å². The van der Waals surface area contributed by atoms with Gasteiger partial charge in [0.1, 0.15) is 6.04 Å². The van der Waals surface area contributed by atoms with Crippen LogP contribution in [0.1, 0.15) is 13.3 Å². The number of carbonyl (C=O) groups is 2. The molecule has 0 saturated heterocycles. The molecule has 12 heavy (non-hydrogen) atoms. The molecule has 0 fully saturated rings. The number of hydrogen-bond donors (Lipinski definition) is 3. The Morgan fingerprint density at radius 2 is 2.25 bits per heavy atom. The smallest absolute Gasteiger partial charge is 0.325 e. The van der Waals surface area contributed by atoms with Gasteiger partial charge < -0.3 is 15.7 Å². The van der Waals surface area contributed by atoms with E-state index in [1.54, 1.807) is 12.4 Å². The minimum atomic E-state index is -1.07. The van der Waals surface area contributed by atoms with Crippen LogP contribution >= 0.6 is 0 Å². The summed E-state index contributed by atoms with van der Waals surface area (Å²) in [6.45, 7) is 1.81. The molecule has 0 bridgehead atoms. The fraction of sp³-hybridized carbons (Fsp3) is 0.667. The van der Waals surface area contributed by atoms with Crippen molar-refractivity contribution in [3.63, 3.8) is 0 Å². The predicted molar refractivity (Wildman–Crippen MR) is 39.2 cm³/mol. The van der Waals surface area contributed by atoms with Crippen LogP contribution in [-0.2, 0) is 14.3 Å². The molecule has 0 heterocycles. The van der Waals surface area contributed by atoms with E-state index in [4.69, 9.17) is 10.9 Å². The number of ether oxygens (including phenoxy) is 1. The monoisotopic (exact) mass is 176 g/mol. The summed E-state index contributed by atoms with van der Waals surface area (Å²) in [4.78, 5) is 21.2. The lowest BCUT2D eigenvalue weighted by Gasteiger charge is -2.10. The summed E-state index contributed by atoms with van der Waals surface area (Å²) in [5, 5.41) is 8.41. The average Bonchev–Trinajstić information content (AvgIpc) is 2.00. The van der Waals surface area contributed by atoms with Crippen molar-refractivity contribution in [1.29, 1.82) is 0 Å². The minimum absolute atomic E-state index is 0.190. The van der Waals surface area contributed by atoms with Crippen molar-refractivity contribution in [2.75, 3.05) is 6.61 Å². The molecule has 0 aliphatic rings. The van der Waals surface area contributed by atoms with Crippen LogP contribution in [0, 0.1) is 0 Å². The zero-order valence-electron chi connectivity index (χ0n) is 6.74. The molecule has 0 radical (unpaired) electrons. The third-order valence-corrected chi connectivity index (χ3v) is 1.13. The summed E-state index contributed by atoms with van der Waals surface area (Å²) < 4.78 is 4.53. The first-order valence-electron chi connectivity index (χ1n) is 3.46. The van der Waals surface area contributed by atoms with Crippen molar-refractivity contribution in [1.82, 2.24) is 5.48 Å². The molecule has 6 heteroatoms. The van der Waals surface area contributed by atoms with Crippen LogP contribution in [0.2, 0.25) is 0 Å². The molecule has 0 saturated carbocycles. The molecule has 0 unspecified atom stereocenters. The lowest BCUT2D eigenvalue weighted by molar-refractivity contribution is -0.150. The van der Waals surface area contributed by atoms with E-state index in [-0.39, 0.29) is 13.0 Å². The molecule has 0 aromatic carbocycles. The first-order chi connectivity index (χ1) is 5.61. The van der Waals surface area contributed by atoms with Gasteiger partial charge in [-0.25, -0.2) is 0 Å². The first kappa shape index (κ1) is 10.9. The topological polar surface area (TPSA) is 102 Å². The van der Waals surface area contributed by atoms with E-state index in [1.807, 2.05) is 0 Å². The number of nitrogens with one attached hydrogen (secondary N) is 1. The van der Waals surface area contributed by atoms with Crippen LogP contribution in [0.15, 0.2) is 0 Å². The molecular weight excluding hydrogens is 164 g/mol. The Kier molecular flexibility index (Phi) is 4.98. The SMILES string of the molecule is CCOC(=O)[C@H](CC(N)=O)NO. The molecule has 0 spiro atoms. The van der Waals surface area contributed by atoms with Gasteiger partial charge in [-0.2, -0.15) is 5.48 Å². The van der Waals surface area contributed by atoms with E-state index in [0.29, 0.717) is 0 Å². The molecule has 0 aromatic heterocycles. The number of primary amides is 1. The van der Waals surface area contributed by atoms with Gasteiger partial charge in [0.2, 0.25) is 5.91 Å². The molecule has 0 aromatic rings. The number of amides is 1. The summed E-state index contributed by atoms with van der Waals surface area (Å²) in [6, 6.07) is -1.07. The van der Waals surface area contributed by atoms with E-state index in [9.17, 15) is 9.59 Å². The highest BCUT2D eigenvalue weighted by molar-refractivity contribution is 5.84. The van der Waals surface area contributed by atoms with Crippen LogP contribution in [0.3, 0.4) is 0 Å². The fourth-order valence-corrected chi connectivity index (χ4v) is 0.626. The summed E-state index contributed by atoms with van der Waals surface area (Å²) in [5.41, 5.74) is 6.45. The van der Waals surface area contributed by atoms with E-state index in [0.717, 1.165) is 0 Å². The first-order valence-corrected chi connectivity index (χ1v) is 3.46. The second-order valence-electron chi connectivity index (χ2n) is 2.10. The number of nitrogens with two attached hydrogens (primary N) is 1. The summed E-state index contributed by atoms with van der Waals surface area (Å²) in [5.74, 6) is -1.38. The van der Waals surface area contributed by atoms with Crippen molar-refractivity contribution >= 4 is 11.9 Å². The second-order valence-corrected chi connectivity index (χ2v) is 2.10. The average molecular weight is 176 g/mol. The lowest BCUT2D eigenvalue weighted by Crippen LogP contribution is -2.39. The lowest BCUT2D eigenvalue weighted by atomic mass is 10.2. The van der Waals surface area contributed by atoms with Gasteiger partial charge >= 0.3 is 5.97 Å². The second kappa shape index (κ2) is 5.50. The van der Waals surface area contributed by atoms with Gasteiger partial charge in [-0.3, -0.25) is 9.59 Å². The third kappa shape index (κ3) is 3.89. The standard InChI is InChI=1S/C6H12N2O4/c1-2-12-6(10)4(8-11)3-5(7)9/h4,8,11H,2-3H2,1H3,(H2,7,9)/t4-/m0/s1. The summed E-state index contributed by atoms with van der Waals surface area (Å²) in [6.07, 6.45) is -0.282. The largest absolute Gasteiger partial charge is 0.465 e. The van der Waals surface area contributed by atoms with Crippen LogP contribution in [-0.4, -0.2) is 29.7 Å². The van der Waals surface area contributed by atoms with Gasteiger partial charge in [0.25, 0.3) is 0 Å². The molecule has 0 aliphatic carbocycles. The van der Waals surface area contributed by atoms with E-state index in [2.05, 4.69) is 4.74 Å². The Morgan fingerprint density at radius 3 is 2.58 bits per heavy atom. The maximum Gasteiger partial charge on any atom is 0.325 e. The molecule has 70 valence electrons. The normalized spacial score (nSPS) is 12.2. The number of esters is 1. The Labute approximate surface area is 69.6 Å². The quantitative estimate of drug-likeness (QED) is 0.359. The van der Waals surface area contributed by atoms with E-state index < -0.39 is 17.9 Å². The Morgan fingerprint density at radius 1 is 1.67 bits per heavy atom. The summed E-state index contributed by atoms with van der Waals surface area (Å²) in [7, 11) is 0. The maximum atomic E-state index is 10.9. The zero-order valence-corrected chi connectivity index (χ0v) is 6.74. The van der Waals surface area contributed by atoms with Crippen molar-refractivity contribution in [3.05, 3.63) is 0 Å². The molecule has 0 aliphatic heterocycles. The van der Waals surface area contributed by atoms with Gasteiger partial charge in [-0.1, -0.05) is 0 Å². The van der Waals surface area contributed by atoms with E-state index >= 15 is 0 Å². The van der Waals surface area contributed by atoms with Crippen LogP contribution < -0.4 is 11.2 Å². The predicted octanol–water partition coefficient (Wildman–Crippen LogP) is -1.23. The zero-order chi connectivity index (χ0) is 9.56. The molecule has 1 amide bonds. The molecule has 0 rings (SSSR count). The molecular formula is C6H12N2O4. The third-order valence-electron chi connectivity index (χ3n) is 1.13. The van der Waals surface area contributed by atoms with Gasteiger partial charge in [-0.05, 0) is 6.92 Å². The molecule has 6 nitrogen and oxygen atoms in total. The number of carbonyl (C=O) groups excluding carboxylic acids is 2. The fourth-order valence-electron chi connectivity index (χ4n) is 0.626. The van der Waals surface area contributed by atoms with Crippen LogP contribution in [0.4, 0.5) is 0 Å². The minimum Gasteiger partial charge on any atom is -0.465 e. The van der Waals surface area contributed by atoms with Crippen LogP contribution in [0.25, 0.3) is 0 Å². The van der Waals surface area contributed by atoms with Crippen molar-refractivity contribution in [2.45, 2.75) is 19.4 Å². The van der Waals surface area contributed by atoms with Crippen molar-refractivity contribution in [2.24, 2.45) is 5.73 Å². The number of rotatable bonds is 5. The Bertz CT molecular complexity index is 171. The van der Waals surface area contributed by atoms with Gasteiger partial charge in [-0.15, -0.1) is 0 Å². The number of hydrogen-bond acceptors (Lipinski definition) is 5. The molecule has 1 atom stereocenters. The number of hydroxylamine groups is 1. The van der Waals surface area contributed by atoms with Crippen molar-refractivity contribution in [3.8, 4) is 0 Å². The molecule has 4 N–H and O–H groups in total. The summed E-state index contributed by atoms with van der Waals surface area (Å²) >= 11 is 0. The highest BCUT2D eigenvalue weighted by atomic mass is 16.5. The maximum absolute atomic E-state index is 10.9. The Hall–Kier alpha value is -1.14. The van der Waals surface area contributed by atoms with Gasteiger partial charge in [0.15, 0.2) is 0 Å². The highest BCUT2D eigenvalue weighted by Gasteiger charge is 2.20. The Balaban J connectivity index is 3.96. The van der Waals surface area contributed by atoms with Crippen molar-refractivity contribution < 1.29 is 19.5 Å². The van der Waals surface area contributed by atoms with Gasteiger partial charge in [0, 0.05) is 0 Å². The van der Waals surface area contributed by atoms with Crippen LogP contribution in [0.5, 0.6) is 0 Å². The van der Waals surface area contributed by atoms with E-state index in [1.165, 1.54) is 0 Å².